The van der Waals surface area contributed by atoms with Gasteiger partial charge in [0.25, 0.3) is 15.9 Å². The number of carboxylic acids is 1. The number of nitrogens with two attached hydrogens (primary N) is 2. The maximum Gasteiger partial charge on any atom is 0.326 e. The molecule has 1 atom stereocenters. The van der Waals surface area contributed by atoms with Crippen molar-refractivity contribution < 1.29 is 27.9 Å². The minimum atomic E-state index is -4.25. The molecule has 0 bridgehead atoms. The molecule has 274 valence electrons. The van der Waals surface area contributed by atoms with E-state index < -0.39 is 27.9 Å². The van der Waals surface area contributed by atoms with Gasteiger partial charge in [-0.25, -0.2) is 13.2 Å². The molecular formula is C36H42N8O6S2. The Morgan fingerprint density at radius 2 is 1.79 bits per heavy atom. The molecule has 0 saturated carbocycles. The number of hydrogen-bond donors (Lipinski definition) is 5. The zero-order valence-corrected chi connectivity index (χ0v) is 30.2. The number of hydrogen-bond acceptors (Lipinski definition) is 10. The molecule has 2 aliphatic rings. The largest absolute Gasteiger partial charge is 0.492 e. The van der Waals surface area contributed by atoms with Crippen molar-refractivity contribution in [2.24, 2.45) is 16.5 Å². The van der Waals surface area contributed by atoms with Crippen LogP contribution in [0.25, 0.3) is 11.1 Å². The van der Waals surface area contributed by atoms with Crippen LogP contribution in [0.3, 0.4) is 0 Å². The molecule has 1 saturated heterocycles. The maximum absolute atomic E-state index is 14.0. The summed E-state index contributed by atoms with van der Waals surface area (Å²) in [6.45, 7) is 5.91. The molecule has 52 heavy (non-hydrogen) atoms. The maximum atomic E-state index is 14.0. The zero-order chi connectivity index (χ0) is 36.7. The Balaban J connectivity index is 1.15. The first-order chi connectivity index (χ1) is 25.1. The van der Waals surface area contributed by atoms with E-state index in [4.69, 9.17) is 16.2 Å². The van der Waals surface area contributed by atoms with Gasteiger partial charge in [0, 0.05) is 58.4 Å². The monoisotopic (exact) mass is 746 g/mol. The molecule has 14 nitrogen and oxygen atoms in total. The second kappa shape index (κ2) is 16.5. The molecule has 7 N–H and O–H groups in total. The molecule has 1 amide bonds. The molecule has 6 rings (SSSR count). The number of sulfonamides is 1. The molecule has 1 fully saturated rings. The number of amides is 1. The average Bonchev–Trinajstić information content (AvgIpc) is 3.80. The van der Waals surface area contributed by atoms with E-state index in [1.54, 1.807) is 11.4 Å². The number of aliphatic imine (C=N–C) groups is 1. The summed E-state index contributed by atoms with van der Waals surface area (Å²) in [5.74, 6) is -1.78. The van der Waals surface area contributed by atoms with Crippen LogP contribution < -0.4 is 26.2 Å². The Morgan fingerprint density at radius 1 is 1.00 bits per heavy atom. The van der Waals surface area contributed by atoms with Gasteiger partial charge in [-0.2, -0.15) is 0 Å². The van der Waals surface area contributed by atoms with Crippen molar-refractivity contribution in [3.05, 3.63) is 93.9 Å². The Hall–Kier alpha value is -5.03. The first kappa shape index (κ1) is 36.8. The van der Waals surface area contributed by atoms with E-state index in [2.05, 4.69) is 48.0 Å². The van der Waals surface area contributed by atoms with Gasteiger partial charge in [-0.3, -0.25) is 29.3 Å². The number of rotatable bonds is 15. The first-order valence-electron chi connectivity index (χ1n) is 17.0. The summed E-state index contributed by atoms with van der Waals surface area (Å²) in [6, 6.07) is 17.9. The van der Waals surface area contributed by atoms with Crippen LogP contribution in [0.4, 0.5) is 5.69 Å². The topological polar surface area (TPSA) is 206 Å². The molecule has 0 unspecified atom stereocenters. The molecule has 2 aromatic heterocycles. The standard InChI is InChI=1S/C36H42N8O6S2/c37-36(38)40-12-4-8-30(35(46)47)41-34(45)33-29(10-18-51-33)42-52(48,49)31-21-27(20-26-9-17-50-32(26)31)25-6-3-5-24(19-25)22-43-13-15-44(16-14-43)23-28-7-1-2-11-39-28/h1-3,5-7,10-11,18-21,30,42H,4,8-9,12-17,22-23H2,(H,41,45)(H,46,47)(H4,37,38,40)/t30-/m0/s1. The Bertz CT molecular complexity index is 2030. The summed E-state index contributed by atoms with van der Waals surface area (Å²) in [4.78, 5) is 38.2. The Labute approximate surface area is 306 Å². The van der Waals surface area contributed by atoms with E-state index in [1.807, 2.05) is 36.5 Å². The molecule has 16 heteroatoms. The molecule has 4 aromatic rings. The van der Waals surface area contributed by atoms with Gasteiger partial charge in [0.1, 0.15) is 21.6 Å². The number of piperazine rings is 1. The number of anilines is 1. The van der Waals surface area contributed by atoms with Gasteiger partial charge in [0.05, 0.1) is 18.0 Å². The Kier molecular flexibility index (Phi) is 11.7. The van der Waals surface area contributed by atoms with E-state index in [-0.39, 0.29) is 40.1 Å². The van der Waals surface area contributed by atoms with Gasteiger partial charge >= 0.3 is 5.97 Å². The fourth-order valence-corrected chi connectivity index (χ4v) is 8.43. The molecule has 0 spiro atoms. The minimum absolute atomic E-state index is 0.0260. The number of carbonyl (C=O) groups excluding carboxylic acids is 1. The van der Waals surface area contributed by atoms with E-state index in [0.29, 0.717) is 19.4 Å². The highest BCUT2D eigenvalue weighted by Gasteiger charge is 2.30. The van der Waals surface area contributed by atoms with E-state index in [1.165, 1.54) is 6.07 Å². The van der Waals surface area contributed by atoms with Crippen LogP contribution in [-0.2, 0) is 34.3 Å². The third-order valence-electron chi connectivity index (χ3n) is 8.95. The van der Waals surface area contributed by atoms with Crippen molar-refractivity contribution in [2.75, 3.05) is 44.1 Å². The lowest BCUT2D eigenvalue weighted by Gasteiger charge is -2.34. The highest BCUT2D eigenvalue weighted by Crippen LogP contribution is 2.39. The zero-order valence-electron chi connectivity index (χ0n) is 28.5. The lowest BCUT2D eigenvalue weighted by atomic mass is 10.00. The number of nitrogens with zero attached hydrogens (tertiary/aromatic N) is 4. The molecular weight excluding hydrogens is 705 g/mol. The number of pyridine rings is 1. The van der Waals surface area contributed by atoms with E-state index in [0.717, 1.165) is 78.6 Å². The summed E-state index contributed by atoms with van der Waals surface area (Å²) >= 11 is 0.993. The van der Waals surface area contributed by atoms with Crippen LogP contribution in [0, 0.1) is 0 Å². The normalized spacial score (nSPS) is 15.3. The van der Waals surface area contributed by atoms with Crippen LogP contribution in [-0.4, -0.2) is 91.5 Å². The van der Waals surface area contributed by atoms with Crippen molar-refractivity contribution in [1.29, 1.82) is 0 Å². The quantitative estimate of drug-likeness (QED) is 0.0679. The number of thiophene rings is 1. The molecule has 0 radical (unpaired) electrons. The van der Waals surface area contributed by atoms with Gasteiger partial charge in [-0.1, -0.05) is 24.3 Å². The van der Waals surface area contributed by atoms with Crippen LogP contribution >= 0.6 is 11.3 Å². The van der Waals surface area contributed by atoms with Crippen LogP contribution in [0.2, 0.25) is 0 Å². The summed E-state index contributed by atoms with van der Waals surface area (Å²) in [6.07, 6.45) is 2.77. The third-order valence-corrected chi connectivity index (χ3v) is 11.2. The highest BCUT2D eigenvalue weighted by atomic mass is 32.2. The summed E-state index contributed by atoms with van der Waals surface area (Å²) in [7, 11) is -4.25. The minimum Gasteiger partial charge on any atom is -0.492 e. The number of aliphatic carboxylic acids is 1. The lowest BCUT2D eigenvalue weighted by molar-refractivity contribution is -0.139. The number of fused-ring (bicyclic) bond motifs is 1. The second-order valence-corrected chi connectivity index (χ2v) is 15.3. The predicted molar refractivity (Wildman–Crippen MR) is 200 cm³/mol. The highest BCUT2D eigenvalue weighted by molar-refractivity contribution is 7.92. The number of ether oxygens (including phenoxy) is 1. The van der Waals surface area contributed by atoms with Gasteiger partial charge in [0.2, 0.25) is 0 Å². The second-order valence-electron chi connectivity index (χ2n) is 12.7. The van der Waals surface area contributed by atoms with Crippen molar-refractivity contribution in [2.45, 2.75) is 43.3 Å². The average molecular weight is 747 g/mol. The van der Waals surface area contributed by atoms with Gasteiger partial charge in [0.15, 0.2) is 5.96 Å². The van der Waals surface area contributed by atoms with Gasteiger partial charge < -0.3 is 26.6 Å². The smallest absolute Gasteiger partial charge is 0.326 e. The van der Waals surface area contributed by atoms with E-state index in [9.17, 15) is 23.1 Å². The van der Waals surface area contributed by atoms with Crippen LogP contribution in [0.5, 0.6) is 5.75 Å². The number of aromatic nitrogens is 1. The van der Waals surface area contributed by atoms with Crippen molar-refractivity contribution in [3.8, 4) is 16.9 Å². The third kappa shape index (κ3) is 9.25. The first-order valence-corrected chi connectivity index (χ1v) is 19.3. The van der Waals surface area contributed by atoms with Crippen molar-refractivity contribution in [3.63, 3.8) is 0 Å². The number of carbonyl (C=O) groups is 2. The number of carboxylic acid groups (broad SMARTS) is 1. The molecule has 4 heterocycles. The Morgan fingerprint density at radius 3 is 2.52 bits per heavy atom. The fraction of sp³-hybridized carbons (Fsp3) is 0.333. The number of guanidine groups is 1. The lowest BCUT2D eigenvalue weighted by Crippen LogP contribution is -2.45. The molecule has 2 aliphatic heterocycles. The molecule has 0 aliphatic carbocycles. The van der Waals surface area contributed by atoms with Crippen LogP contribution in [0.15, 0.2) is 82.1 Å². The van der Waals surface area contributed by atoms with Gasteiger partial charge in [-0.15, -0.1) is 11.3 Å². The van der Waals surface area contributed by atoms with Gasteiger partial charge in [-0.05, 0) is 76.9 Å². The van der Waals surface area contributed by atoms with Crippen LogP contribution in [0.1, 0.15) is 39.3 Å². The summed E-state index contributed by atoms with van der Waals surface area (Å²) in [5, 5.41) is 13.7. The summed E-state index contributed by atoms with van der Waals surface area (Å²) < 4.78 is 36.4. The SMILES string of the molecule is NC(N)=NCCC[C@H](NC(=O)c1sccc1NS(=O)(=O)c1cc(-c2cccc(CN3CCN(Cc4ccccn4)CC3)c2)cc2c1OCC2)C(=O)O. The predicted octanol–water partition coefficient (Wildman–Crippen LogP) is 3.10. The van der Waals surface area contributed by atoms with Crippen molar-refractivity contribution >= 4 is 44.9 Å². The number of nitrogens with one attached hydrogen (secondary N) is 2. The number of benzene rings is 2. The molecule has 2 aromatic carbocycles. The summed E-state index contributed by atoms with van der Waals surface area (Å²) in [5.41, 5.74) is 15.3. The fourth-order valence-electron chi connectivity index (χ4n) is 6.32. The van der Waals surface area contributed by atoms with Crippen molar-refractivity contribution in [1.82, 2.24) is 20.1 Å². The van der Waals surface area contributed by atoms with E-state index >= 15 is 0 Å².